The second kappa shape index (κ2) is 5.51. The van der Waals surface area contributed by atoms with Crippen LogP contribution in [0, 0.1) is 17.3 Å². The van der Waals surface area contributed by atoms with Gasteiger partial charge in [-0.3, -0.25) is 9.59 Å². The minimum absolute atomic E-state index is 0.125. The Labute approximate surface area is 109 Å². The number of allylic oxidation sites excluding steroid dienone is 2. The van der Waals surface area contributed by atoms with Crippen LogP contribution in [0.3, 0.4) is 0 Å². The summed E-state index contributed by atoms with van der Waals surface area (Å²) in [6.07, 6.45) is 3.10. The topological polar surface area (TPSA) is 43.4 Å². The molecule has 18 heavy (non-hydrogen) atoms. The van der Waals surface area contributed by atoms with Crippen LogP contribution in [0.1, 0.15) is 33.1 Å². The summed E-state index contributed by atoms with van der Waals surface area (Å²) in [5.74, 6) is -0.245. The summed E-state index contributed by atoms with van der Waals surface area (Å²) in [7, 11) is 1.35. The van der Waals surface area contributed by atoms with Crippen molar-refractivity contribution in [1.82, 2.24) is 0 Å². The third-order valence-corrected chi connectivity index (χ3v) is 4.03. The van der Waals surface area contributed by atoms with Gasteiger partial charge in [-0.05, 0) is 24.7 Å². The molecule has 3 heteroatoms. The molecule has 0 heterocycles. The molecule has 1 fully saturated rings. The zero-order valence-electron chi connectivity index (χ0n) is 11.5. The molecule has 0 N–H and O–H groups in total. The maximum absolute atomic E-state index is 12.1. The largest absolute Gasteiger partial charge is 0.469 e. The van der Waals surface area contributed by atoms with Gasteiger partial charge in [-0.25, -0.2) is 0 Å². The lowest BCUT2D eigenvalue weighted by molar-refractivity contribution is -0.145. The summed E-state index contributed by atoms with van der Waals surface area (Å²) in [5, 5.41) is 0. The first-order chi connectivity index (χ1) is 8.34. The Morgan fingerprint density at radius 3 is 2.67 bits per heavy atom. The normalized spacial score (nSPS) is 31.8. The molecule has 1 aliphatic carbocycles. The second-order valence-electron chi connectivity index (χ2n) is 5.46. The molecular formula is C15H22O3. The first kappa shape index (κ1) is 14.7. The van der Waals surface area contributed by atoms with Crippen molar-refractivity contribution < 1.29 is 14.3 Å². The van der Waals surface area contributed by atoms with E-state index in [-0.39, 0.29) is 35.4 Å². The number of carbonyl (C=O) groups excluding carboxylic acids is 2. The molecule has 1 rings (SSSR count). The molecule has 0 aromatic heterocycles. The molecule has 0 unspecified atom stereocenters. The van der Waals surface area contributed by atoms with Crippen molar-refractivity contribution in [1.29, 1.82) is 0 Å². The Bertz CT molecular complexity index is 383. The minimum atomic E-state index is -0.323. The summed E-state index contributed by atoms with van der Waals surface area (Å²) in [5.41, 5.74) is 0.801. The van der Waals surface area contributed by atoms with E-state index in [1.54, 1.807) is 0 Å². The predicted molar refractivity (Wildman–Crippen MR) is 71.0 cm³/mol. The summed E-state index contributed by atoms with van der Waals surface area (Å²) >= 11 is 0. The molecule has 1 saturated carbocycles. The molecule has 0 saturated heterocycles. The van der Waals surface area contributed by atoms with Gasteiger partial charge in [0.25, 0.3) is 0 Å². The number of Topliss-reactive ketones (excluding diaryl/α,β-unsaturated/α-hetero) is 1. The van der Waals surface area contributed by atoms with E-state index in [2.05, 4.69) is 17.9 Å². The summed E-state index contributed by atoms with van der Waals surface area (Å²) < 4.78 is 4.64. The summed E-state index contributed by atoms with van der Waals surface area (Å²) in [6, 6.07) is 0. The zero-order valence-corrected chi connectivity index (χ0v) is 11.5. The van der Waals surface area contributed by atoms with Crippen LogP contribution in [-0.4, -0.2) is 18.9 Å². The van der Waals surface area contributed by atoms with Gasteiger partial charge in [0, 0.05) is 12.3 Å². The molecule has 3 atom stereocenters. The zero-order chi connectivity index (χ0) is 13.9. The third kappa shape index (κ3) is 2.89. The lowest BCUT2D eigenvalue weighted by Gasteiger charge is -2.42. The molecular weight excluding hydrogens is 228 g/mol. The van der Waals surface area contributed by atoms with Crippen LogP contribution in [0.5, 0.6) is 0 Å². The Morgan fingerprint density at radius 1 is 1.61 bits per heavy atom. The fourth-order valence-electron chi connectivity index (χ4n) is 2.79. The standard InChI is InChI=1S/C15H22O3/c1-6-15(4)9-13(16)11(8-14(17)18-5)7-12(15)10(2)3/h6,11-12H,1-2,7-9H2,3-5H3/t11-,12+,15-/m0/s1. The van der Waals surface area contributed by atoms with E-state index in [1.165, 1.54) is 7.11 Å². The van der Waals surface area contributed by atoms with Gasteiger partial charge in [0.05, 0.1) is 13.5 Å². The van der Waals surface area contributed by atoms with Gasteiger partial charge in [-0.15, -0.1) is 6.58 Å². The highest BCUT2D eigenvalue weighted by Crippen LogP contribution is 2.46. The molecule has 0 aromatic carbocycles. The number of rotatable bonds is 4. The highest BCUT2D eigenvalue weighted by atomic mass is 16.5. The van der Waals surface area contributed by atoms with Crippen molar-refractivity contribution in [3.8, 4) is 0 Å². The Balaban J connectivity index is 2.90. The van der Waals surface area contributed by atoms with Crippen molar-refractivity contribution in [3.63, 3.8) is 0 Å². The monoisotopic (exact) mass is 250 g/mol. The minimum Gasteiger partial charge on any atom is -0.469 e. The van der Waals surface area contributed by atoms with Gasteiger partial charge >= 0.3 is 5.97 Å². The predicted octanol–water partition coefficient (Wildman–Crippen LogP) is 2.91. The van der Waals surface area contributed by atoms with E-state index in [4.69, 9.17) is 0 Å². The van der Waals surface area contributed by atoms with Crippen LogP contribution in [-0.2, 0) is 14.3 Å². The molecule has 0 radical (unpaired) electrons. The van der Waals surface area contributed by atoms with Gasteiger partial charge in [-0.2, -0.15) is 0 Å². The molecule has 0 spiro atoms. The Morgan fingerprint density at radius 2 is 2.22 bits per heavy atom. The van der Waals surface area contributed by atoms with Gasteiger partial charge < -0.3 is 4.74 Å². The number of ether oxygens (including phenoxy) is 1. The van der Waals surface area contributed by atoms with Crippen molar-refractivity contribution >= 4 is 11.8 Å². The molecule has 0 bridgehead atoms. The van der Waals surface area contributed by atoms with E-state index in [1.807, 2.05) is 19.9 Å². The van der Waals surface area contributed by atoms with Crippen LogP contribution in [0.15, 0.2) is 24.8 Å². The lowest BCUT2D eigenvalue weighted by atomic mass is 9.61. The first-order valence-electron chi connectivity index (χ1n) is 6.22. The number of carbonyl (C=O) groups is 2. The number of esters is 1. The third-order valence-electron chi connectivity index (χ3n) is 4.03. The quantitative estimate of drug-likeness (QED) is 0.569. The molecule has 100 valence electrons. The number of ketones is 1. The van der Waals surface area contributed by atoms with E-state index in [9.17, 15) is 9.59 Å². The van der Waals surface area contributed by atoms with Crippen LogP contribution in [0.2, 0.25) is 0 Å². The molecule has 0 amide bonds. The maximum atomic E-state index is 12.1. The number of hydrogen-bond donors (Lipinski definition) is 0. The van der Waals surface area contributed by atoms with Crippen LogP contribution >= 0.6 is 0 Å². The number of hydrogen-bond acceptors (Lipinski definition) is 3. The lowest BCUT2D eigenvalue weighted by Crippen LogP contribution is -2.39. The van der Waals surface area contributed by atoms with Gasteiger partial charge in [0.2, 0.25) is 0 Å². The summed E-state index contributed by atoms with van der Waals surface area (Å²) in [4.78, 5) is 23.4. The van der Waals surface area contributed by atoms with Crippen LogP contribution in [0.4, 0.5) is 0 Å². The molecule has 0 aromatic rings. The molecule has 1 aliphatic rings. The van der Waals surface area contributed by atoms with Gasteiger partial charge in [0.15, 0.2) is 0 Å². The average Bonchev–Trinajstić information content (AvgIpc) is 2.31. The van der Waals surface area contributed by atoms with E-state index < -0.39 is 0 Å². The van der Waals surface area contributed by atoms with Crippen molar-refractivity contribution in [2.24, 2.45) is 17.3 Å². The van der Waals surface area contributed by atoms with E-state index in [0.29, 0.717) is 12.8 Å². The fourth-order valence-corrected chi connectivity index (χ4v) is 2.79. The Kier molecular flexibility index (Phi) is 4.49. The molecule has 3 nitrogen and oxygen atoms in total. The van der Waals surface area contributed by atoms with E-state index in [0.717, 1.165) is 5.57 Å². The maximum Gasteiger partial charge on any atom is 0.306 e. The second-order valence-corrected chi connectivity index (χ2v) is 5.46. The van der Waals surface area contributed by atoms with Crippen molar-refractivity contribution in [2.45, 2.75) is 33.1 Å². The van der Waals surface area contributed by atoms with Gasteiger partial charge in [-0.1, -0.05) is 25.2 Å². The number of methoxy groups -OCH3 is 1. The van der Waals surface area contributed by atoms with Crippen molar-refractivity contribution in [2.75, 3.05) is 7.11 Å². The highest BCUT2D eigenvalue weighted by molar-refractivity contribution is 5.87. The fraction of sp³-hybridized carbons (Fsp3) is 0.600. The van der Waals surface area contributed by atoms with Crippen LogP contribution in [0.25, 0.3) is 0 Å². The van der Waals surface area contributed by atoms with Crippen LogP contribution < -0.4 is 0 Å². The average molecular weight is 250 g/mol. The smallest absolute Gasteiger partial charge is 0.306 e. The highest BCUT2D eigenvalue weighted by Gasteiger charge is 2.43. The summed E-state index contributed by atoms with van der Waals surface area (Å²) in [6.45, 7) is 11.8. The molecule has 0 aliphatic heterocycles. The Hall–Kier alpha value is -1.38. The SMILES string of the molecule is C=C[C@@]1(C)CC(=O)[C@H](CC(=O)OC)C[C@@H]1C(=C)C. The van der Waals surface area contributed by atoms with E-state index >= 15 is 0 Å². The first-order valence-corrected chi connectivity index (χ1v) is 6.22. The van der Waals surface area contributed by atoms with Gasteiger partial charge in [0.1, 0.15) is 5.78 Å². The van der Waals surface area contributed by atoms with Crippen molar-refractivity contribution in [3.05, 3.63) is 24.8 Å².